The van der Waals surface area contributed by atoms with Crippen molar-refractivity contribution in [3.05, 3.63) is 47.2 Å². The first-order valence-corrected chi connectivity index (χ1v) is 6.46. The van der Waals surface area contributed by atoms with Crippen molar-refractivity contribution in [3.8, 4) is 0 Å². The highest BCUT2D eigenvalue weighted by atomic mass is 16.4. The second-order valence-corrected chi connectivity index (χ2v) is 4.78. The minimum atomic E-state index is 0.360. The maximum absolute atomic E-state index is 5.68. The van der Waals surface area contributed by atoms with Gasteiger partial charge in [-0.3, -0.25) is 0 Å². The van der Waals surface area contributed by atoms with Crippen LogP contribution in [0.3, 0.4) is 0 Å². The predicted octanol–water partition coefficient (Wildman–Crippen LogP) is 1.84. The molecule has 3 rings (SSSR count). The fraction of sp³-hybridized carbons (Fsp3) is 0.429. The molecule has 4 nitrogen and oxygen atoms in total. The topological polar surface area (TPSA) is 64.9 Å². The summed E-state index contributed by atoms with van der Waals surface area (Å²) in [6, 6.07) is 8.60. The molecule has 94 valence electrons. The first kappa shape index (κ1) is 11.4. The number of hydrogen-bond donors (Lipinski definition) is 1. The summed E-state index contributed by atoms with van der Waals surface area (Å²) in [6.07, 6.45) is 3.84. The zero-order valence-corrected chi connectivity index (χ0v) is 10.3. The summed E-state index contributed by atoms with van der Waals surface area (Å²) in [5.41, 5.74) is 8.35. The van der Waals surface area contributed by atoms with Gasteiger partial charge in [0.25, 0.3) is 0 Å². The van der Waals surface area contributed by atoms with Crippen molar-refractivity contribution < 1.29 is 4.42 Å². The van der Waals surface area contributed by atoms with Crippen molar-refractivity contribution in [1.82, 2.24) is 10.2 Å². The molecule has 0 fully saturated rings. The van der Waals surface area contributed by atoms with Crippen LogP contribution in [0.2, 0.25) is 0 Å². The Labute approximate surface area is 106 Å². The van der Waals surface area contributed by atoms with Crippen LogP contribution in [-0.4, -0.2) is 16.7 Å². The molecule has 0 saturated heterocycles. The predicted molar refractivity (Wildman–Crippen MR) is 68.3 cm³/mol. The van der Waals surface area contributed by atoms with Crippen LogP contribution in [0, 0.1) is 0 Å². The molecule has 2 aromatic rings. The molecule has 1 unspecified atom stereocenters. The molecule has 1 atom stereocenters. The molecule has 18 heavy (non-hydrogen) atoms. The summed E-state index contributed by atoms with van der Waals surface area (Å²) in [5.74, 6) is 1.79. The van der Waals surface area contributed by atoms with Gasteiger partial charge in [-0.05, 0) is 30.4 Å². The van der Waals surface area contributed by atoms with Gasteiger partial charge in [0.15, 0.2) is 0 Å². The van der Waals surface area contributed by atoms with Gasteiger partial charge >= 0.3 is 0 Å². The van der Waals surface area contributed by atoms with Gasteiger partial charge in [0.1, 0.15) is 0 Å². The molecule has 0 saturated carbocycles. The largest absolute Gasteiger partial charge is 0.425 e. The molecular weight excluding hydrogens is 226 g/mol. The third kappa shape index (κ3) is 2.16. The number of aryl methyl sites for hydroxylation is 1. The second kappa shape index (κ2) is 4.90. The maximum Gasteiger partial charge on any atom is 0.219 e. The lowest BCUT2D eigenvalue weighted by Gasteiger charge is -2.21. The Morgan fingerprint density at radius 1 is 1.22 bits per heavy atom. The first-order valence-electron chi connectivity index (χ1n) is 6.46. The summed E-state index contributed by atoms with van der Waals surface area (Å²) in [5, 5.41) is 8.20. The molecule has 1 aromatic carbocycles. The molecule has 0 bridgehead atoms. The highest BCUT2D eigenvalue weighted by Gasteiger charge is 2.24. The molecule has 1 aliphatic rings. The van der Waals surface area contributed by atoms with E-state index in [1.807, 2.05) is 0 Å². The summed E-state index contributed by atoms with van der Waals surface area (Å²) < 4.78 is 5.68. The fourth-order valence-corrected chi connectivity index (χ4v) is 2.56. The molecule has 4 heteroatoms. The van der Waals surface area contributed by atoms with Gasteiger partial charge in [0.2, 0.25) is 11.8 Å². The molecular formula is C14H17N3O. The summed E-state index contributed by atoms with van der Waals surface area (Å²) in [7, 11) is 0. The van der Waals surface area contributed by atoms with E-state index in [1.54, 1.807) is 0 Å². The van der Waals surface area contributed by atoms with Crippen molar-refractivity contribution in [1.29, 1.82) is 0 Å². The highest BCUT2D eigenvalue weighted by molar-refractivity contribution is 5.31. The van der Waals surface area contributed by atoms with E-state index < -0.39 is 0 Å². The van der Waals surface area contributed by atoms with E-state index >= 15 is 0 Å². The van der Waals surface area contributed by atoms with E-state index in [4.69, 9.17) is 10.2 Å². The number of benzene rings is 1. The molecule has 0 spiro atoms. The number of fused-ring (bicyclic) bond motifs is 1. The SMILES string of the molecule is NCCc1nnc(C2CCc3ccccc3C2)o1. The van der Waals surface area contributed by atoms with E-state index in [9.17, 15) is 0 Å². The van der Waals surface area contributed by atoms with Crippen molar-refractivity contribution in [3.63, 3.8) is 0 Å². The van der Waals surface area contributed by atoms with Gasteiger partial charge in [0, 0.05) is 18.9 Å². The van der Waals surface area contributed by atoms with Crippen LogP contribution in [0.1, 0.15) is 35.2 Å². The van der Waals surface area contributed by atoms with Crippen LogP contribution in [0.15, 0.2) is 28.7 Å². The average Bonchev–Trinajstić information content (AvgIpc) is 2.87. The van der Waals surface area contributed by atoms with Crippen molar-refractivity contribution in [2.24, 2.45) is 5.73 Å². The van der Waals surface area contributed by atoms with Crippen LogP contribution in [0.5, 0.6) is 0 Å². The summed E-state index contributed by atoms with van der Waals surface area (Å²) >= 11 is 0. The molecule has 0 radical (unpaired) electrons. The average molecular weight is 243 g/mol. The van der Waals surface area contributed by atoms with E-state index in [0.29, 0.717) is 24.8 Å². The number of rotatable bonds is 3. The molecule has 2 N–H and O–H groups in total. The van der Waals surface area contributed by atoms with Gasteiger partial charge in [-0.2, -0.15) is 0 Å². The van der Waals surface area contributed by atoms with Crippen LogP contribution in [-0.2, 0) is 19.3 Å². The van der Waals surface area contributed by atoms with Crippen LogP contribution in [0.25, 0.3) is 0 Å². The zero-order chi connectivity index (χ0) is 12.4. The standard InChI is InChI=1S/C14H17N3O/c15-8-7-13-16-17-14(18-13)12-6-5-10-3-1-2-4-11(10)9-12/h1-4,12H,5-9,15H2. The zero-order valence-electron chi connectivity index (χ0n) is 10.3. The fourth-order valence-electron chi connectivity index (χ4n) is 2.56. The highest BCUT2D eigenvalue weighted by Crippen LogP contribution is 2.31. The van der Waals surface area contributed by atoms with E-state index in [1.165, 1.54) is 11.1 Å². The van der Waals surface area contributed by atoms with Gasteiger partial charge in [-0.1, -0.05) is 24.3 Å². The Morgan fingerprint density at radius 2 is 2.06 bits per heavy atom. The van der Waals surface area contributed by atoms with Crippen molar-refractivity contribution >= 4 is 0 Å². The molecule has 1 heterocycles. The summed E-state index contributed by atoms with van der Waals surface area (Å²) in [4.78, 5) is 0. The smallest absolute Gasteiger partial charge is 0.219 e. The minimum absolute atomic E-state index is 0.360. The summed E-state index contributed by atoms with van der Waals surface area (Å²) in [6.45, 7) is 0.551. The lowest BCUT2D eigenvalue weighted by Crippen LogP contribution is -2.12. The Hall–Kier alpha value is -1.68. The van der Waals surface area contributed by atoms with Gasteiger partial charge in [-0.15, -0.1) is 10.2 Å². The second-order valence-electron chi connectivity index (χ2n) is 4.78. The van der Waals surface area contributed by atoms with Crippen LogP contribution < -0.4 is 5.73 Å². The Morgan fingerprint density at radius 3 is 2.89 bits per heavy atom. The van der Waals surface area contributed by atoms with E-state index in [-0.39, 0.29) is 0 Å². The molecule has 0 aliphatic heterocycles. The number of nitrogens with zero attached hydrogens (tertiary/aromatic N) is 2. The lowest BCUT2D eigenvalue weighted by molar-refractivity contribution is 0.395. The van der Waals surface area contributed by atoms with E-state index in [0.717, 1.165) is 25.2 Å². The molecule has 1 aliphatic carbocycles. The minimum Gasteiger partial charge on any atom is -0.425 e. The van der Waals surface area contributed by atoms with Crippen LogP contribution >= 0.6 is 0 Å². The Bertz CT molecular complexity index is 535. The first-order chi connectivity index (χ1) is 8.86. The molecule has 0 amide bonds. The Balaban J connectivity index is 1.78. The number of aromatic nitrogens is 2. The maximum atomic E-state index is 5.68. The third-order valence-electron chi connectivity index (χ3n) is 3.54. The van der Waals surface area contributed by atoms with Crippen molar-refractivity contribution in [2.75, 3.05) is 6.54 Å². The van der Waals surface area contributed by atoms with Crippen LogP contribution in [0.4, 0.5) is 0 Å². The third-order valence-corrected chi connectivity index (χ3v) is 3.54. The van der Waals surface area contributed by atoms with Gasteiger partial charge < -0.3 is 10.2 Å². The number of hydrogen-bond acceptors (Lipinski definition) is 4. The molecule has 1 aromatic heterocycles. The van der Waals surface area contributed by atoms with Crippen molar-refractivity contribution in [2.45, 2.75) is 31.6 Å². The van der Waals surface area contributed by atoms with Gasteiger partial charge in [0.05, 0.1) is 0 Å². The quantitative estimate of drug-likeness (QED) is 0.893. The van der Waals surface area contributed by atoms with E-state index in [2.05, 4.69) is 34.5 Å². The number of nitrogens with two attached hydrogens (primary N) is 1. The monoisotopic (exact) mass is 243 g/mol. The lowest BCUT2D eigenvalue weighted by atomic mass is 9.84. The normalized spacial score (nSPS) is 18.6. The van der Waals surface area contributed by atoms with Gasteiger partial charge in [-0.25, -0.2) is 0 Å². The Kier molecular flexibility index (Phi) is 3.11.